The largest absolute Gasteiger partial charge is 0.488 e. The molecule has 0 amide bonds. The predicted octanol–water partition coefficient (Wildman–Crippen LogP) is 5.46. The molecule has 0 aromatic heterocycles. The lowest BCUT2D eigenvalue weighted by Gasteiger charge is -2.16. The van der Waals surface area contributed by atoms with E-state index in [0.29, 0.717) is 29.8 Å². The van der Waals surface area contributed by atoms with Crippen molar-refractivity contribution in [1.82, 2.24) is 5.32 Å². The smallest absolute Gasteiger partial charge is 0.124 e. The fourth-order valence-corrected chi connectivity index (χ4v) is 3.35. The van der Waals surface area contributed by atoms with Crippen LogP contribution in [0.4, 0.5) is 0 Å². The van der Waals surface area contributed by atoms with Crippen molar-refractivity contribution in [2.45, 2.75) is 13.2 Å². The first-order valence-electron chi connectivity index (χ1n) is 8.46. The minimum atomic E-state index is 0.321. The minimum Gasteiger partial charge on any atom is -0.488 e. The van der Waals surface area contributed by atoms with Gasteiger partial charge in [-0.2, -0.15) is 0 Å². The van der Waals surface area contributed by atoms with Crippen LogP contribution in [-0.2, 0) is 17.9 Å². The highest BCUT2D eigenvalue weighted by atomic mass is 35.5. The highest BCUT2D eigenvalue weighted by Gasteiger charge is 2.11. The molecule has 0 fully saturated rings. The Kier molecular flexibility index (Phi) is 6.75. The summed E-state index contributed by atoms with van der Waals surface area (Å²) in [6, 6.07) is 17.8. The van der Waals surface area contributed by atoms with Gasteiger partial charge in [0.1, 0.15) is 12.4 Å². The molecule has 0 unspecified atom stereocenters. The summed E-state index contributed by atoms with van der Waals surface area (Å²) in [7, 11) is 1.70. The number of hydrogen-bond donors (Lipinski definition) is 1. The minimum absolute atomic E-state index is 0.321. The molecule has 0 saturated carbocycles. The molecule has 5 heteroatoms. The van der Waals surface area contributed by atoms with Gasteiger partial charge in [-0.05, 0) is 29.0 Å². The number of benzene rings is 3. The lowest BCUT2D eigenvalue weighted by atomic mass is 10.0. The Morgan fingerprint density at radius 2 is 1.65 bits per heavy atom. The average Bonchev–Trinajstić information content (AvgIpc) is 2.65. The van der Waals surface area contributed by atoms with E-state index in [1.165, 1.54) is 10.8 Å². The van der Waals surface area contributed by atoms with Crippen LogP contribution in [0, 0.1) is 0 Å². The summed E-state index contributed by atoms with van der Waals surface area (Å²) in [6.07, 6.45) is 0. The molecule has 0 aliphatic rings. The number of halogens is 2. The van der Waals surface area contributed by atoms with Gasteiger partial charge in [0, 0.05) is 41.4 Å². The molecule has 0 bridgehead atoms. The molecule has 0 saturated heterocycles. The van der Waals surface area contributed by atoms with Crippen molar-refractivity contribution in [3.05, 3.63) is 75.8 Å². The molecule has 3 aromatic rings. The highest BCUT2D eigenvalue weighted by Crippen LogP contribution is 2.31. The van der Waals surface area contributed by atoms with E-state index in [9.17, 15) is 0 Å². The predicted molar refractivity (Wildman–Crippen MR) is 108 cm³/mol. The van der Waals surface area contributed by atoms with Crippen molar-refractivity contribution in [1.29, 1.82) is 0 Å². The van der Waals surface area contributed by atoms with Crippen LogP contribution in [0.3, 0.4) is 0 Å². The summed E-state index contributed by atoms with van der Waals surface area (Å²) in [6.45, 7) is 2.45. The third kappa shape index (κ3) is 4.49. The second-order valence-corrected chi connectivity index (χ2v) is 6.74. The maximum Gasteiger partial charge on any atom is 0.124 e. The second kappa shape index (κ2) is 9.24. The van der Waals surface area contributed by atoms with Gasteiger partial charge in [0.25, 0.3) is 0 Å². The van der Waals surface area contributed by atoms with Crippen molar-refractivity contribution >= 4 is 34.0 Å². The van der Waals surface area contributed by atoms with E-state index in [4.69, 9.17) is 32.7 Å². The summed E-state index contributed by atoms with van der Waals surface area (Å²) >= 11 is 12.5. The van der Waals surface area contributed by atoms with Crippen molar-refractivity contribution in [3.8, 4) is 5.75 Å². The Balaban J connectivity index is 1.86. The van der Waals surface area contributed by atoms with Gasteiger partial charge in [0.15, 0.2) is 0 Å². The molecule has 0 atom stereocenters. The van der Waals surface area contributed by atoms with E-state index in [2.05, 4.69) is 23.5 Å². The maximum absolute atomic E-state index is 6.26. The normalized spacial score (nSPS) is 11.0. The number of hydrogen-bond acceptors (Lipinski definition) is 3. The Morgan fingerprint density at radius 1 is 0.885 bits per heavy atom. The fourth-order valence-electron chi connectivity index (χ4n) is 2.84. The quantitative estimate of drug-likeness (QED) is 0.518. The van der Waals surface area contributed by atoms with Crippen LogP contribution in [0.15, 0.2) is 54.6 Å². The van der Waals surface area contributed by atoms with Crippen LogP contribution in [0.25, 0.3) is 10.8 Å². The summed E-state index contributed by atoms with van der Waals surface area (Å²) in [5.41, 5.74) is 1.91. The van der Waals surface area contributed by atoms with Crippen LogP contribution in [-0.4, -0.2) is 20.3 Å². The van der Waals surface area contributed by atoms with Gasteiger partial charge in [0.2, 0.25) is 0 Å². The van der Waals surface area contributed by atoms with Gasteiger partial charge in [-0.1, -0.05) is 59.6 Å². The molecule has 3 rings (SSSR count). The fraction of sp³-hybridized carbons (Fsp3) is 0.238. The van der Waals surface area contributed by atoms with E-state index in [1.54, 1.807) is 7.11 Å². The summed E-state index contributed by atoms with van der Waals surface area (Å²) < 4.78 is 11.2. The third-order valence-corrected chi connectivity index (χ3v) is 4.92. The van der Waals surface area contributed by atoms with E-state index < -0.39 is 0 Å². The molecule has 0 aliphatic carbocycles. The Hall–Kier alpha value is -1.78. The average molecular weight is 390 g/mol. The van der Waals surface area contributed by atoms with Gasteiger partial charge in [-0.3, -0.25) is 0 Å². The maximum atomic E-state index is 6.26. The van der Waals surface area contributed by atoms with Gasteiger partial charge in [-0.25, -0.2) is 0 Å². The summed E-state index contributed by atoms with van der Waals surface area (Å²) in [4.78, 5) is 0. The molecule has 136 valence electrons. The Morgan fingerprint density at radius 3 is 2.42 bits per heavy atom. The zero-order chi connectivity index (χ0) is 18.4. The molecule has 0 heterocycles. The summed E-state index contributed by atoms with van der Waals surface area (Å²) in [5.74, 6) is 0.824. The van der Waals surface area contributed by atoms with Crippen molar-refractivity contribution in [3.63, 3.8) is 0 Å². The van der Waals surface area contributed by atoms with E-state index in [-0.39, 0.29) is 0 Å². The lowest BCUT2D eigenvalue weighted by molar-refractivity contribution is 0.199. The zero-order valence-corrected chi connectivity index (χ0v) is 16.1. The molecule has 26 heavy (non-hydrogen) atoms. The first kappa shape index (κ1) is 19.0. The first-order chi connectivity index (χ1) is 12.7. The Labute approximate surface area is 163 Å². The van der Waals surface area contributed by atoms with E-state index in [1.807, 2.05) is 36.4 Å². The molecule has 1 N–H and O–H groups in total. The van der Waals surface area contributed by atoms with Gasteiger partial charge in [0.05, 0.1) is 6.61 Å². The highest BCUT2D eigenvalue weighted by molar-refractivity contribution is 6.35. The molecule has 0 radical (unpaired) electrons. The molecular weight excluding hydrogens is 369 g/mol. The first-order valence-corrected chi connectivity index (χ1v) is 9.22. The summed E-state index contributed by atoms with van der Waals surface area (Å²) in [5, 5.41) is 6.96. The number of fused-ring (bicyclic) bond motifs is 1. The molecule has 3 nitrogen and oxygen atoms in total. The van der Waals surface area contributed by atoms with Crippen LogP contribution in [0.2, 0.25) is 10.0 Å². The molecule has 0 spiro atoms. The third-order valence-electron chi connectivity index (χ3n) is 4.22. The Bertz CT molecular complexity index is 863. The molecule has 0 aliphatic heterocycles. The molecule has 3 aromatic carbocycles. The number of nitrogens with one attached hydrogen (secondary N) is 1. The van der Waals surface area contributed by atoms with Crippen LogP contribution in [0.1, 0.15) is 11.1 Å². The number of methoxy groups -OCH3 is 1. The standard InChI is InChI=1S/C21H21Cl2NO2/c1-25-12-11-24-13-17-16-6-3-2-5-15(16)9-10-21(17)26-14-18-19(22)7-4-8-20(18)23/h2-10,24H,11-14H2,1H3. The topological polar surface area (TPSA) is 30.5 Å². The SMILES string of the molecule is COCCNCc1c(OCc2c(Cl)cccc2Cl)ccc2ccccc12. The van der Waals surface area contributed by atoms with Gasteiger partial charge >= 0.3 is 0 Å². The van der Waals surface area contributed by atoms with Gasteiger partial charge < -0.3 is 14.8 Å². The van der Waals surface area contributed by atoms with Crippen LogP contribution in [0.5, 0.6) is 5.75 Å². The number of ether oxygens (including phenoxy) is 2. The monoisotopic (exact) mass is 389 g/mol. The van der Waals surface area contributed by atoms with E-state index >= 15 is 0 Å². The second-order valence-electron chi connectivity index (χ2n) is 5.92. The lowest BCUT2D eigenvalue weighted by Crippen LogP contribution is -2.19. The van der Waals surface area contributed by atoms with E-state index in [0.717, 1.165) is 23.4 Å². The van der Waals surface area contributed by atoms with Gasteiger partial charge in [-0.15, -0.1) is 0 Å². The van der Waals surface area contributed by atoms with Crippen molar-refractivity contribution in [2.24, 2.45) is 0 Å². The number of rotatable bonds is 8. The van der Waals surface area contributed by atoms with Crippen molar-refractivity contribution in [2.75, 3.05) is 20.3 Å². The van der Waals surface area contributed by atoms with Crippen LogP contribution < -0.4 is 10.1 Å². The van der Waals surface area contributed by atoms with Crippen LogP contribution >= 0.6 is 23.2 Å². The molecular formula is C21H21Cl2NO2. The zero-order valence-electron chi connectivity index (χ0n) is 14.6. The van der Waals surface area contributed by atoms with Crippen molar-refractivity contribution < 1.29 is 9.47 Å².